The fourth-order valence-electron chi connectivity index (χ4n) is 8.72. The topological polar surface area (TPSA) is 111 Å². The summed E-state index contributed by atoms with van der Waals surface area (Å²) < 4.78 is 22.7. The van der Waals surface area contributed by atoms with Crippen molar-refractivity contribution in [1.29, 1.82) is 0 Å². The first-order chi connectivity index (χ1) is 44.6. The number of esters is 2. The van der Waals surface area contributed by atoms with Gasteiger partial charge in [-0.2, -0.15) is 0 Å². The van der Waals surface area contributed by atoms with Crippen LogP contribution in [0.25, 0.3) is 0 Å². The van der Waals surface area contributed by atoms with Crippen molar-refractivity contribution >= 4 is 17.9 Å². The number of hydrogen-bond donors (Lipinski definition) is 0. The molecular formula is C82H127NO8. The van der Waals surface area contributed by atoms with Crippen LogP contribution in [0.5, 0.6) is 0 Å². The summed E-state index contributed by atoms with van der Waals surface area (Å²) in [5.74, 6) is -2.34. The summed E-state index contributed by atoms with van der Waals surface area (Å²) in [6.45, 7) is 4.46. The Labute approximate surface area is 556 Å². The van der Waals surface area contributed by atoms with Crippen LogP contribution in [0, 0.1) is 0 Å². The highest BCUT2D eigenvalue weighted by Gasteiger charge is 2.22. The van der Waals surface area contributed by atoms with E-state index in [-0.39, 0.29) is 38.6 Å². The van der Waals surface area contributed by atoms with Gasteiger partial charge in [0, 0.05) is 12.8 Å². The summed E-state index contributed by atoms with van der Waals surface area (Å²) in [7, 11) is 5.90. The van der Waals surface area contributed by atoms with Gasteiger partial charge in [-0.1, -0.05) is 278 Å². The van der Waals surface area contributed by atoms with Gasteiger partial charge in [-0.05, 0) is 148 Å². The van der Waals surface area contributed by atoms with Gasteiger partial charge in [0.05, 0.1) is 40.3 Å². The number of nitrogens with zero attached hydrogens (tertiary/aromatic N) is 1. The van der Waals surface area contributed by atoms with Crippen LogP contribution in [0.4, 0.5) is 0 Å². The summed E-state index contributed by atoms with van der Waals surface area (Å²) in [5.41, 5.74) is 0. The monoisotopic (exact) mass is 1250 g/mol. The number of quaternary nitrogens is 1. The SMILES string of the molecule is CC/C=C\C/C=C\C/C=C\C/C=C\C/C=C\C/C=C\C/C=C\C/C=C\C/C=C\CCCCCCCCCC(=O)OC(COC(=O)CCCCCCCC/C=C\C/C=C\C/C=C\C/C=C\C/C=C\C/C=C\C/C=C\C/C=C\CC)COC(OCC[N+](C)(C)C)C(=O)[O-]. The number of rotatable bonds is 62. The molecule has 9 nitrogen and oxygen atoms in total. The molecule has 0 fully saturated rings. The summed E-state index contributed by atoms with van der Waals surface area (Å²) in [5, 5.41) is 11.8. The van der Waals surface area contributed by atoms with Gasteiger partial charge in [-0.25, -0.2) is 0 Å². The van der Waals surface area contributed by atoms with E-state index in [9.17, 15) is 19.5 Å². The molecule has 0 N–H and O–H groups in total. The first-order valence-corrected chi connectivity index (χ1v) is 35.2. The van der Waals surface area contributed by atoms with Crippen LogP contribution in [0.15, 0.2) is 207 Å². The molecule has 2 unspecified atom stereocenters. The minimum atomic E-state index is -1.64. The summed E-state index contributed by atoms with van der Waals surface area (Å²) in [6.07, 6.45) is 106. The molecule has 0 aromatic rings. The Kier molecular flexibility index (Phi) is 65.1. The quantitative estimate of drug-likeness (QED) is 0.0195. The van der Waals surface area contributed by atoms with Gasteiger partial charge in [0.2, 0.25) is 0 Å². The van der Waals surface area contributed by atoms with E-state index in [1.807, 2.05) is 21.1 Å². The Hall–Kier alpha value is -6.13. The number of likely N-dealkylation sites (N-methyl/N-ethyl adjacent to an activating group) is 1. The number of allylic oxidation sites excluding steroid dienone is 34. The molecule has 0 radical (unpaired) electrons. The van der Waals surface area contributed by atoms with Crippen LogP contribution in [0.3, 0.4) is 0 Å². The number of ether oxygens (including phenoxy) is 4. The van der Waals surface area contributed by atoms with Gasteiger partial charge in [0.1, 0.15) is 13.2 Å². The Bertz CT molecular complexity index is 2250. The van der Waals surface area contributed by atoms with Crippen LogP contribution in [-0.4, -0.2) is 82.3 Å². The molecule has 0 aromatic heterocycles. The number of unbranched alkanes of at least 4 members (excludes halogenated alkanes) is 13. The third kappa shape index (κ3) is 71.2. The number of carboxylic acid groups (broad SMARTS) is 1. The largest absolute Gasteiger partial charge is 0.545 e. The van der Waals surface area contributed by atoms with Crippen molar-refractivity contribution in [2.75, 3.05) is 47.5 Å². The molecule has 91 heavy (non-hydrogen) atoms. The van der Waals surface area contributed by atoms with Crippen LogP contribution in [0.1, 0.15) is 232 Å². The van der Waals surface area contributed by atoms with Crippen molar-refractivity contribution in [3.63, 3.8) is 0 Å². The Morgan fingerprint density at radius 3 is 0.879 bits per heavy atom. The highest BCUT2D eigenvalue weighted by molar-refractivity contribution is 5.70. The highest BCUT2D eigenvalue weighted by Crippen LogP contribution is 2.14. The second kappa shape index (κ2) is 69.8. The first kappa shape index (κ1) is 84.9. The Balaban J connectivity index is 4.28. The third-order valence-electron chi connectivity index (χ3n) is 14.0. The van der Waals surface area contributed by atoms with E-state index in [2.05, 4.69) is 220 Å². The molecule has 0 aliphatic heterocycles. The Morgan fingerprint density at radius 1 is 0.330 bits per heavy atom. The number of carboxylic acids is 1. The maximum Gasteiger partial charge on any atom is 0.306 e. The lowest BCUT2D eigenvalue weighted by Gasteiger charge is -2.26. The summed E-state index contributed by atoms with van der Waals surface area (Å²) in [6, 6.07) is 0. The molecule has 0 aliphatic carbocycles. The lowest BCUT2D eigenvalue weighted by Crippen LogP contribution is -2.44. The van der Waals surface area contributed by atoms with Crippen LogP contribution < -0.4 is 5.11 Å². The van der Waals surface area contributed by atoms with E-state index in [1.165, 1.54) is 12.8 Å². The average Bonchev–Trinajstić information content (AvgIpc) is 3.46. The zero-order valence-electron chi connectivity index (χ0n) is 57.9. The van der Waals surface area contributed by atoms with Crippen molar-refractivity contribution in [3.05, 3.63) is 207 Å². The van der Waals surface area contributed by atoms with Crippen molar-refractivity contribution in [2.24, 2.45) is 0 Å². The van der Waals surface area contributed by atoms with Gasteiger partial charge < -0.3 is 33.3 Å². The van der Waals surface area contributed by atoms with E-state index in [1.54, 1.807) is 0 Å². The van der Waals surface area contributed by atoms with Gasteiger partial charge in [-0.3, -0.25) is 9.59 Å². The average molecular weight is 1250 g/mol. The minimum Gasteiger partial charge on any atom is -0.545 e. The van der Waals surface area contributed by atoms with Crippen molar-refractivity contribution in [3.8, 4) is 0 Å². The molecule has 0 saturated heterocycles. The molecule has 508 valence electrons. The highest BCUT2D eigenvalue weighted by atomic mass is 16.7. The Morgan fingerprint density at radius 2 is 0.593 bits per heavy atom. The lowest BCUT2D eigenvalue weighted by atomic mass is 10.1. The standard InChI is InChI=1S/C82H127NO8/c1-6-8-10-12-14-16-18-20-22-24-26-28-30-32-34-36-38-39-40-41-43-45-47-49-51-53-55-57-59-61-63-65-67-69-71-73-80(85)91-78(77-90-82(81(86)87)88-75-74-83(3,4)5)76-89-79(84)72-70-68-66-64-62-60-58-56-54-52-50-48-46-44-42-37-35-33-31-29-27-25-23-21-19-17-15-13-11-9-7-2/h8-11,14-17,20-23,26-29,32-35,38-39,41-44,47-50,53-56,78,82H,6-7,12-13,18-19,24-25,30-31,36-37,40,45-46,51-52,57-77H2,1-5H3/b10-8-,11-9-,16-14-,17-15-,22-20-,23-21-,28-26-,29-27-,34-32-,35-33-,39-38-,43-41-,44-42-,49-47-,50-48-,55-53-,56-54-. The molecule has 0 aliphatic rings. The van der Waals surface area contributed by atoms with E-state index in [0.29, 0.717) is 23.9 Å². The number of aliphatic carboxylic acids is 1. The predicted molar refractivity (Wildman–Crippen MR) is 388 cm³/mol. The van der Waals surface area contributed by atoms with Crippen molar-refractivity contribution in [2.45, 2.75) is 245 Å². The van der Waals surface area contributed by atoms with Crippen LogP contribution in [-0.2, 0) is 33.3 Å². The van der Waals surface area contributed by atoms with E-state index >= 15 is 0 Å². The van der Waals surface area contributed by atoms with Gasteiger partial charge in [-0.15, -0.1) is 0 Å². The summed E-state index contributed by atoms with van der Waals surface area (Å²) in [4.78, 5) is 37.5. The van der Waals surface area contributed by atoms with Gasteiger partial charge in [0.25, 0.3) is 0 Å². The van der Waals surface area contributed by atoms with Crippen LogP contribution in [0.2, 0.25) is 0 Å². The zero-order valence-corrected chi connectivity index (χ0v) is 57.9. The summed E-state index contributed by atoms with van der Waals surface area (Å²) >= 11 is 0. The lowest BCUT2D eigenvalue weighted by molar-refractivity contribution is -0.870. The second-order valence-corrected chi connectivity index (χ2v) is 23.7. The first-order valence-electron chi connectivity index (χ1n) is 35.2. The van der Waals surface area contributed by atoms with Gasteiger partial charge in [0.15, 0.2) is 12.4 Å². The fraction of sp³-hybridized carbons (Fsp3) is 0.549. The number of carbonyl (C=O) groups excluding carboxylic acids is 3. The fourth-order valence-corrected chi connectivity index (χ4v) is 8.72. The van der Waals surface area contributed by atoms with Crippen molar-refractivity contribution < 1.29 is 42.9 Å². The predicted octanol–water partition coefficient (Wildman–Crippen LogP) is 21.0. The van der Waals surface area contributed by atoms with Gasteiger partial charge >= 0.3 is 11.9 Å². The number of hydrogen-bond acceptors (Lipinski definition) is 8. The van der Waals surface area contributed by atoms with Crippen molar-refractivity contribution in [1.82, 2.24) is 0 Å². The van der Waals surface area contributed by atoms with E-state index < -0.39 is 24.3 Å². The third-order valence-corrected chi connectivity index (χ3v) is 14.0. The number of carbonyl (C=O) groups is 3. The molecule has 0 bridgehead atoms. The van der Waals surface area contributed by atoms with E-state index in [4.69, 9.17) is 18.9 Å². The maximum atomic E-state index is 12.9. The smallest absolute Gasteiger partial charge is 0.306 e. The molecular weight excluding hydrogens is 1130 g/mol. The molecule has 0 spiro atoms. The molecule has 0 rings (SSSR count). The molecule has 0 aromatic carbocycles. The molecule has 0 amide bonds. The van der Waals surface area contributed by atoms with E-state index in [0.717, 1.165) is 180 Å². The van der Waals surface area contributed by atoms with Crippen LogP contribution >= 0.6 is 0 Å². The molecule has 0 heterocycles. The zero-order chi connectivity index (χ0) is 66.1. The maximum absolute atomic E-state index is 12.9. The normalized spacial score (nSPS) is 14.0. The minimum absolute atomic E-state index is 0.130. The molecule has 0 saturated carbocycles. The molecule has 2 atom stereocenters. The molecule has 9 heteroatoms. The second-order valence-electron chi connectivity index (χ2n) is 23.7.